The maximum Gasteiger partial charge on any atom is 0.200 e. The number of benzene rings is 1. The van der Waals surface area contributed by atoms with Gasteiger partial charge in [0.1, 0.15) is 5.69 Å². The number of hydrogen-bond acceptors (Lipinski definition) is 3. The van der Waals surface area contributed by atoms with Crippen LogP contribution in [0.5, 0.6) is 0 Å². The second kappa shape index (κ2) is 8.25. The lowest BCUT2D eigenvalue weighted by Crippen LogP contribution is -2.03. The van der Waals surface area contributed by atoms with Gasteiger partial charge in [-0.05, 0) is 24.8 Å². The summed E-state index contributed by atoms with van der Waals surface area (Å²) in [6, 6.07) is 10.6. The molecule has 2 rings (SSSR count). The fourth-order valence-electron chi connectivity index (χ4n) is 2.25. The topological polar surface area (TPSA) is 57.8 Å². The van der Waals surface area contributed by atoms with Crippen LogP contribution >= 0.6 is 0 Å². The fraction of sp³-hybridized carbons (Fsp3) is 0.412. The summed E-state index contributed by atoms with van der Waals surface area (Å²) in [6.45, 7) is 2.42. The number of aromatic nitrogens is 2. The van der Waals surface area contributed by atoms with Crippen LogP contribution in [0.15, 0.2) is 36.5 Å². The Morgan fingerprint density at radius 1 is 1.14 bits per heavy atom. The largest absolute Gasteiger partial charge is 0.356 e. The first-order chi connectivity index (χ1) is 10.3. The molecular weight excluding hydrogens is 262 g/mol. The smallest absolute Gasteiger partial charge is 0.200 e. The second-order valence-electron chi connectivity index (χ2n) is 5.28. The zero-order chi connectivity index (χ0) is 14.9. The first-order valence-electron chi connectivity index (χ1n) is 7.59. The van der Waals surface area contributed by atoms with Crippen LogP contribution in [0.4, 0.5) is 5.95 Å². The third-order valence-electron chi connectivity index (χ3n) is 3.48. The summed E-state index contributed by atoms with van der Waals surface area (Å²) in [6.07, 6.45) is 7.54. The molecule has 0 unspecified atom stereocenters. The number of carbonyl (C=O) groups is 1. The molecule has 4 nitrogen and oxygen atoms in total. The lowest BCUT2D eigenvalue weighted by atomic mass is 10.1. The molecule has 0 aliphatic rings. The van der Waals surface area contributed by atoms with Gasteiger partial charge in [-0.25, -0.2) is 4.98 Å². The molecule has 0 bridgehead atoms. The van der Waals surface area contributed by atoms with Crippen molar-refractivity contribution < 1.29 is 4.79 Å². The zero-order valence-electron chi connectivity index (χ0n) is 12.6. The van der Waals surface area contributed by atoms with Gasteiger partial charge in [-0.3, -0.25) is 4.79 Å². The van der Waals surface area contributed by atoms with Crippen LogP contribution in [-0.4, -0.2) is 22.3 Å². The highest BCUT2D eigenvalue weighted by atomic mass is 16.1. The molecule has 0 aliphatic carbocycles. The first kappa shape index (κ1) is 15.3. The molecule has 0 amide bonds. The van der Waals surface area contributed by atoms with E-state index in [4.69, 9.17) is 0 Å². The molecule has 0 spiro atoms. The highest BCUT2D eigenvalue weighted by molar-refractivity contribution is 5.92. The van der Waals surface area contributed by atoms with E-state index in [1.165, 1.54) is 31.7 Å². The molecule has 1 heterocycles. The number of nitrogens with one attached hydrogen (secondary N) is 2. The normalized spacial score (nSPS) is 10.5. The third kappa shape index (κ3) is 5.42. The van der Waals surface area contributed by atoms with Gasteiger partial charge < -0.3 is 10.3 Å². The number of aryl methyl sites for hydroxylation is 1. The number of H-pyrrole nitrogens is 1. The molecule has 2 aromatic rings. The van der Waals surface area contributed by atoms with Crippen molar-refractivity contribution in [2.24, 2.45) is 0 Å². The molecular formula is C17H23N3O. The van der Waals surface area contributed by atoms with Crippen LogP contribution in [0.1, 0.15) is 48.7 Å². The summed E-state index contributed by atoms with van der Waals surface area (Å²) < 4.78 is 0. The van der Waals surface area contributed by atoms with E-state index in [1.54, 1.807) is 6.20 Å². The third-order valence-corrected chi connectivity index (χ3v) is 3.48. The van der Waals surface area contributed by atoms with Crippen molar-refractivity contribution in [1.29, 1.82) is 0 Å². The highest BCUT2D eigenvalue weighted by Gasteiger charge is 2.03. The van der Waals surface area contributed by atoms with Crippen molar-refractivity contribution in [1.82, 2.24) is 9.97 Å². The standard InChI is InChI=1S/C17H23N3O/c1-14(21)16-13-19-17(20-16)18-12-8-3-2-5-9-15-10-6-4-7-11-15/h4,6-7,10-11,13H,2-3,5,8-9,12H2,1H3,(H2,18,19,20). The van der Waals surface area contributed by atoms with E-state index in [0.717, 1.165) is 19.4 Å². The molecule has 1 aromatic heterocycles. The van der Waals surface area contributed by atoms with Crippen molar-refractivity contribution in [2.75, 3.05) is 11.9 Å². The van der Waals surface area contributed by atoms with E-state index in [0.29, 0.717) is 11.6 Å². The average molecular weight is 285 g/mol. The molecule has 4 heteroatoms. The Hall–Kier alpha value is -2.10. The minimum absolute atomic E-state index is 0.0106. The van der Waals surface area contributed by atoms with Gasteiger partial charge in [-0.15, -0.1) is 0 Å². The van der Waals surface area contributed by atoms with Gasteiger partial charge in [0.25, 0.3) is 0 Å². The molecule has 112 valence electrons. The quantitative estimate of drug-likeness (QED) is 0.544. The number of Topliss-reactive ketones (excluding diaryl/α,β-unsaturated/α-hetero) is 1. The maximum atomic E-state index is 11.1. The number of nitrogens with zero attached hydrogens (tertiary/aromatic N) is 1. The van der Waals surface area contributed by atoms with Gasteiger partial charge in [0.05, 0.1) is 6.20 Å². The van der Waals surface area contributed by atoms with Crippen LogP contribution < -0.4 is 5.32 Å². The Kier molecular flexibility index (Phi) is 6.00. The monoisotopic (exact) mass is 285 g/mol. The van der Waals surface area contributed by atoms with Crippen molar-refractivity contribution in [3.63, 3.8) is 0 Å². The van der Waals surface area contributed by atoms with E-state index in [9.17, 15) is 4.79 Å². The summed E-state index contributed by atoms with van der Waals surface area (Å²) in [4.78, 5) is 18.2. The summed E-state index contributed by atoms with van der Waals surface area (Å²) >= 11 is 0. The van der Waals surface area contributed by atoms with Crippen molar-refractivity contribution in [2.45, 2.75) is 39.0 Å². The lowest BCUT2D eigenvalue weighted by Gasteiger charge is -2.03. The number of aromatic amines is 1. The van der Waals surface area contributed by atoms with Gasteiger partial charge >= 0.3 is 0 Å². The van der Waals surface area contributed by atoms with Gasteiger partial charge in [-0.1, -0.05) is 43.2 Å². The molecule has 2 N–H and O–H groups in total. The van der Waals surface area contributed by atoms with E-state index in [-0.39, 0.29) is 5.78 Å². The fourth-order valence-corrected chi connectivity index (χ4v) is 2.25. The van der Waals surface area contributed by atoms with Crippen molar-refractivity contribution >= 4 is 11.7 Å². The lowest BCUT2D eigenvalue weighted by molar-refractivity contribution is 0.101. The molecule has 0 saturated carbocycles. The van der Waals surface area contributed by atoms with Crippen LogP contribution in [0, 0.1) is 0 Å². The Bertz CT molecular complexity index is 548. The van der Waals surface area contributed by atoms with E-state index in [2.05, 4.69) is 45.6 Å². The Morgan fingerprint density at radius 3 is 2.62 bits per heavy atom. The van der Waals surface area contributed by atoms with Crippen LogP contribution in [-0.2, 0) is 6.42 Å². The van der Waals surface area contributed by atoms with Crippen LogP contribution in [0.3, 0.4) is 0 Å². The predicted octanol–water partition coefficient (Wildman–Crippen LogP) is 3.83. The summed E-state index contributed by atoms with van der Waals surface area (Å²) in [5, 5.41) is 3.21. The van der Waals surface area contributed by atoms with Gasteiger partial charge in [0.15, 0.2) is 5.78 Å². The molecule has 0 atom stereocenters. The highest BCUT2D eigenvalue weighted by Crippen LogP contribution is 2.08. The first-order valence-corrected chi connectivity index (χ1v) is 7.59. The van der Waals surface area contributed by atoms with E-state index >= 15 is 0 Å². The van der Waals surface area contributed by atoms with Gasteiger partial charge in [0, 0.05) is 13.5 Å². The SMILES string of the molecule is CC(=O)c1cnc(NCCCCCCc2ccccc2)[nH]1. The molecule has 1 aromatic carbocycles. The minimum Gasteiger partial charge on any atom is -0.356 e. The number of carbonyl (C=O) groups excluding carboxylic acids is 1. The predicted molar refractivity (Wildman–Crippen MR) is 85.7 cm³/mol. The molecule has 0 aliphatic heterocycles. The summed E-state index contributed by atoms with van der Waals surface area (Å²) in [7, 11) is 0. The summed E-state index contributed by atoms with van der Waals surface area (Å²) in [5.74, 6) is 0.695. The number of rotatable bonds is 9. The van der Waals surface area contributed by atoms with Crippen LogP contribution in [0.25, 0.3) is 0 Å². The second-order valence-corrected chi connectivity index (χ2v) is 5.28. The number of anilines is 1. The van der Waals surface area contributed by atoms with E-state index in [1.807, 2.05) is 0 Å². The molecule has 21 heavy (non-hydrogen) atoms. The van der Waals surface area contributed by atoms with Crippen LogP contribution in [0.2, 0.25) is 0 Å². The Labute approximate surface area is 126 Å². The number of imidazole rings is 1. The van der Waals surface area contributed by atoms with Crippen molar-refractivity contribution in [3.05, 3.63) is 47.8 Å². The maximum absolute atomic E-state index is 11.1. The Balaban J connectivity index is 1.53. The zero-order valence-corrected chi connectivity index (χ0v) is 12.6. The Morgan fingerprint density at radius 2 is 1.90 bits per heavy atom. The van der Waals surface area contributed by atoms with Gasteiger partial charge in [-0.2, -0.15) is 0 Å². The number of hydrogen-bond donors (Lipinski definition) is 2. The molecule has 0 fully saturated rings. The van der Waals surface area contributed by atoms with Crippen molar-refractivity contribution in [3.8, 4) is 0 Å². The summed E-state index contributed by atoms with van der Waals surface area (Å²) in [5.41, 5.74) is 1.98. The van der Waals surface area contributed by atoms with Gasteiger partial charge in [0.2, 0.25) is 5.95 Å². The molecule has 0 radical (unpaired) electrons. The number of ketones is 1. The number of unbranched alkanes of at least 4 members (excludes halogenated alkanes) is 3. The molecule has 0 saturated heterocycles. The minimum atomic E-state index is 0.0106. The average Bonchev–Trinajstić information content (AvgIpc) is 2.96. The van der Waals surface area contributed by atoms with E-state index < -0.39 is 0 Å².